The van der Waals surface area contributed by atoms with Crippen molar-refractivity contribution < 1.29 is 13.9 Å². The normalized spacial score (nSPS) is 14.9. The molecule has 1 amide bonds. The van der Waals surface area contributed by atoms with Crippen molar-refractivity contribution in [2.75, 3.05) is 18.4 Å². The summed E-state index contributed by atoms with van der Waals surface area (Å²) < 4.78 is 11.5. The summed E-state index contributed by atoms with van der Waals surface area (Å²) in [6.07, 6.45) is 4.26. The van der Waals surface area contributed by atoms with Crippen LogP contribution in [0.15, 0.2) is 52.9 Å². The number of aromatic nitrogens is 4. The summed E-state index contributed by atoms with van der Waals surface area (Å²) in [4.78, 5) is 14.3. The molecular formula is C30H32N6O3. The van der Waals surface area contributed by atoms with Crippen molar-refractivity contribution in [3.8, 4) is 22.8 Å². The minimum Gasteiger partial charge on any atom is -0.444 e. The van der Waals surface area contributed by atoms with Crippen LogP contribution in [0.4, 0.5) is 16.5 Å². The molecule has 4 aromatic rings. The van der Waals surface area contributed by atoms with Crippen molar-refractivity contribution in [2.24, 2.45) is 0 Å². The highest BCUT2D eigenvalue weighted by Gasteiger charge is 2.24. The quantitative estimate of drug-likeness (QED) is 0.360. The third-order valence-corrected chi connectivity index (χ3v) is 7.09. The standard InChI is InChI=1S/C30H32N6O3/c1-30(2,3)39-29(37)36-15-13-19-11-12-23(17-21(19)14-16-36)31-28-35-34-27(38-28)25-18-22-9-6-8-20-7-4-5-10-24(20)26(22)33-32-25/h4-5,7,10-12,17-18H,6,8-9,13-16H2,1-3H3,(H,31,35). The van der Waals surface area contributed by atoms with Gasteiger partial charge in [0.15, 0.2) is 5.69 Å². The Morgan fingerprint density at radius 1 is 0.872 bits per heavy atom. The van der Waals surface area contributed by atoms with Crippen LogP contribution < -0.4 is 5.32 Å². The SMILES string of the molecule is CC(C)(C)OC(=O)N1CCc2ccc(Nc3nnc(-c4cc5c(nn4)-c4ccccc4CCC5)o3)cc2CC1. The van der Waals surface area contributed by atoms with E-state index < -0.39 is 5.60 Å². The minimum atomic E-state index is -0.508. The Labute approximate surface area is 227 Å². The topological polar surface area (TPSA) is 106 Å². The summed E-state index contributed by atoms with van der Waals surface area (Å²) in [5, 5.41) is 20.6. The number of carbonyl (C=O) groups is 1. The summed E-state index contributed by atoms with van der Waals surface area (Å²) in [5.74, 6) is 0.327. The van der Waals surface area contributed by atoms with Crippen molar-refractivity contribution in [2.45, 2.75) is 58.5 Å². The van der Waals surface area contributed by atoms with Crippen LogP contribution in [0.2, 0.25) is 0 Å². The Balaban J connectivity index is 1.16. The molecule has 3 heterocycles. The first kappa shape index (κ1) is 25.0. The number of hydrogen-bond acceptors (Lipinski definition) is 8. The van der Waals surface area contributed by atoms with Gasteiger partial charge in [-0.1, -0.05) is 35.4 Å². The highest BCUT2D eigenvalue weighted by atomic mass is 16.6. The second-order valence-corrected chi connectivity index (χ2v) is 11.1. The number of hydrogen-bond donors (Lipinski definition) is 1. The largest absolute Gasteiger partial charge is 0.444 e. The molecule has 0 bridgehead atoms. The smallest absolute Gasteiger partial charge is 0.410 e. The molecule has 0 unspecified atom stereocenters. The van der Waals surface area contributed by atoms with Crippen LogP contribution in [-0.2, 0) is 30.4 Å². The van der Waals surface area contributed by atoms with E-state index in [-0.39, 0.29) is 12.1 Å². The maximum Gasteiger partial charge on any atom is 0.410 e. The molecule has 0 saturated heterocycles. The summed E-state index contributed by atoms with van der Waals surface area (Å²) in [7, 11) is 0. The van der Waals surface area contributed by atoms with Gasteiger partial charge in [0.1, 0.15) is 5.60 Å². The highest BCUT2D eigenvalue weighted by molar-refractivity contribution is 5.70. The second kappa shape index (κ2) is 10.1. The van der Waals surface area contributed by atoms with Gasteiger partial charge in [0, 0.05) is 24.3 Å². The minimum absolute atomic E-state index is 0.267. The molecule has 1 aliphatic heterocycles. The van der Waals surface area contributed by atoms with Crippen LogP contribution in [0, 0.1) is 0 Å². The Morgan fingerprint density at radius 2 is 1.67 bits per heavy atom. The third-order valence-electron chi connectivity index (χ3n) is 7.09. The van der Waals surface area contributed by atoms with E-state index in [0.717, 1.165) is 54.6 Å². The predicted octanol–water partition coefficient (Wildman–Crippen LogP) is 5.76. The molecule has 9 heteroatoms. The maximum atomic E-state index is 12.6. The number of benzene rings is 2. The molecule has 9 nitrogen and oxygen atoms in total. The van der Waals surface area contributed by atoms with Crippen LogP contribution in [-0.4, -0.2) is 50.1 Å². The van der Waals surface area contributed by atoms with Gasteiger partial charge in [-0.3, -0.25) is 0 Å². The molecule has 2 aliphatic rings. The molecule has 6 rings (SSSR count). The van der Waals surface area contributed by atoms with E-state index in [1.54, 1.807) is 4.90 Å². The lowest BCUT2D eigenvalue weighted by molar-refractivity contribution is 0.0258. The Morgan fingerprint density at radius 3 is 2.51 bits per heavy atom. The first-order valence-corrected chi connectivity index (χ1v) is 13.5. The van der Waals surface area contributed by atoms with E-state index in [9.17, 15) is 4.79 Å². The fourth-order valence-corrected chi connectivity index (χ4v) is 5.20. The van der Waals surface area contributed by atoms with Gasteiger partial charge in [-0.2, -0.15) is 0 Å². The fraction of sp³-hybridized carbons (Fsp3) is 0.367. The second-order valence-electron chi connectivity index (χ2n) is 11.1. The number of carbonyl (C=O) groups excluding carboxylic acids is 1. The highest BCUT2D eigenvalue weighted by Crippen LogP contribution is 2.32. The number of amides is 1. The first-order chi connectivity index (χ1) is 18.8. The fourth-order valence-electron chi connectivity index (χ4n) is 5.20. The molecule has 0 spiro atoms. The van der Waals surface area contributed by atoms with Crippen molar-refractivity contribution in [1.29, 1.82) is 0 Å². The molecule has 2 aromatic carbocycles. The van der Waals surface area contributed by atoms with Gasteiger partial charge in [-0.05, 0) is 93.3 Å². The number of fused-ring (bicyclic) bond motifs is 4. The van der Waals surface area contributed by atoms with E-state index in [0.29, 0.717) is 24.7 Å². The lowest BCUT2D eigenvalue weighted by Gasteiger charge is -2.26. The van der Waals surface area contributed by atoms with E-state index in [2.05, 4.69) is 56.0 Å². The Bertz CT molecular complexity index is 1520. The van der Waals surface area contributed by atoms with Gasteiger partial charge in [0.05, 0.1) is 5.69 Å². The number of anilines is 2. The summed E-state index contributed by atoms with van der Waals surface area (Å²) >= 11 is 0. The van der Waals surface area contributed by atoms with Gasteiger partial charge >= 0.3 is 12.1 Å². The van der Waals surface area contributed by atoms with E-state index in [1.165, 1.54) is 16.7 Å². The Kier molecular flexibility index (Phi) is 6.50. The molecule has 200 valence electrons. The molecule has 0 atom stereocenters. The molecule has 1 N–H and O–H groups in total. The van der Waals surface area contributed by atoms with Gasteiger partial charge in [-0.25, -0.2) is 4.79 Å². The van der Waals surface area contributed by atoms with Crippen molar-refractivity contribution in [3.05, 3.63) is 70.8 Å². The molecular weight excluding hydrogens is 492 g/mol. The third kappa shape index (κ3) is 5.48. The number of rotatable bonds is 3. The molecule has 39 heavy (non-hydrogen) atoms. The van der Waals surface area contributed by atoms with Crippen molar-refractivity contribution in [3.63, 3.8) is 0 Å². The van der Waals surface area contributed by atoms with Crippen molar-refractivity contribution >= 4 is 17.8 Å². The van der Waals surface area contributed by atoms with Gasteiger partial charge < -0.3 is 19.4 Å². The number of nitrogens with zero attached hydrogens (tertiary/aromatic N) is 5. The van der Waals surface area contributed by atoms with Gasteiger partial charge in [0.2, 0.25) is 0 Å². The summed E-state index contributed by atoms with van der Waals surface area (Å²) in [5.41, 5.74) is 7.84. The molecule has 0 saturated carbocycles. The van der Waals surface area contributed by atoms with E-state index in [1.807, 2.05) is 39.0 Å². The maximum absolute atomic E-state index is 12.6. The van der Waals surface area contributed by atoms with Crippen molar-refractivity contribution in [1.82, 2.24) is 25.3 Å². The number of nitrogens with one attached hydrogen (secondary N) is 1. The van der Waals surface area contributed by atoms with Crippen LogP contribution >= 0.6 is 0 Å². The first-order valence-electron chi connectivity index (χ1n) is 13.5. The molecule has 2 aromatic heterocycles. The average Bonchev–Trinajstić information content (AvgIpc) is 3.15. The zero-order chi connectivity index (χ0) is 27.0. The Hall–Kier alpha value is -4.27. The zero-order valence-corrected chi connectivity index (χ0v) is 22.5. The zero-order valence-electron chi connectivity index (χ0n) is 22.5. The molecule has 0 radical (unpaired) electrons. The van der Waals surface area contributed by atoms with E-state index in [4.69, 9.17) is 9.15 Å². The lowest BCUT2D eigenvalue weighted by Crippen LogP contribution is -2.38. The predicted molar refractivity (Wildman–Crippen MR) is 148 cm³/mol. The molecule has 0 fully saturated rings. The van der Waals surface area contributed by atoms with E-state index >= 15 is 0 Å². The number of aryl methyl sites for hydroxylation is 2. The lowest BCUT2D eigenvalue weighted by atomic mass is 10.0. The summed E-state index contributed by atoms with van der Waals surface area (Å²) in [6, 6.07) is 16.8. The van der Waals surface area contributed by atoms with Gasteiger partial charge in [-0.15, -0.1) is 15.3 Å². The number of ether oxygens (including phenoxy) is 1. The van der Waals surface area contributed by atoms with Gasteiger partial charge in [0.25, 0.3) is 5.89 Å². The van der Waals surface area contributed by atoms with Crippen LogP contribution in [0.3, 0.4) is 0 Å². The monoisotopic (exact) mass is 524 g/mol. The molecule has 1 aliphatic carbocycles. The van der Waals surface area contributed by atoms with Crippen LogP contribution in [0.25, 0.3) is 22.8 Å². The summed E-state index contributed by atoms with van der Waals surface area (Å²) in [6.45, 7) is 6.90. The average molecular weight is 525 g/mol. The van der Waals surface area contributed by atoms with Crippen LogP contribution in [0.1, 0.15) is 49.4 Å². The van der Waals surface area contributed by atoms with Crippen LogP contribution in [0.5, 0.6) is 0 Å².